The van der Waals surface area contributed by atoms with Crippen molar-refractivity contribution in [2.75, 3.05) is 13.2 Å². The molecular weight excluding hydrogens is 288 g/mol. The Bertz CT molecular complexity index is 600. The van der Waals surface area contributed by atoms with E-state index >= 15 is 0 Å². The predicted octanol–water partition coefficient (Wildman–Crippen LogP) is 1.94. The minimum absolute atomic E-state index is 0.0509. The van der Waals surface area contributed by atoms with Crippen molar-refractivity contribution in [1.82, 2.24) is 4.72 Å². The molecule has 0 amide bonds. The molecule has 1 aromatic rings. The first-order valence-electron chi connectivity index (χ1n) is 7.05. The van der Waals surface area contributed by atoms with Crippen LogP contribution in [-0.2, 0) is 10.0 Å². The summed E-state index contributed by atoms with van der Waals surface area (Å²) in [5.74, 6) is 0.120. The first kappa shape index (κ1) is 17.6. The normalized spacial score (nSPS) is 12.9. The lowest BCUT2D eigenvalue weighted by Crippen LogP contribution is -2.30. The molecule has 0 aromatic heterocycles. The standard InChI is InChI=1S/C15H22N2O3S/c1-3-4-13(7-8-18)11-17-21(19,20)15-9-14(10-16)6-5-12(15)2/h5-6,9,13,17-18H,3-4,7-8,11H2,1-2H3. The third-order valence-electron chi connectivity index (χ3n) is 3.40. The van der Waals surface area contributed by atoms with E-state index in [1.807, 2.05) is 13.0 Å². The van der Waals surface area contributed by atoms with Crippen LogP contribution in [0.1, 0.15) is 37.3 Å². The Morgan fingerprint density at radius 1 is 1.38 bits per heavy atom. The molecular formula is C15H22N2O3S. The summed E-state index contributed by atoms with van der Waals surface area (Å²) in [6, 6.07) is 6.56. The molecule has 116 valence electrons. The Balaban J connectivity index is 2.89. The van der Waals surface area contributed by atoms with Crippen LogP contribution in [0.25, 0.3) is 0 Å². The van der Waals surface area contributed by atoms with Crippen LogP contribution in [0.2, 0.25) is 0 Å². The van der Waals surface area contributed by atoms with Crippen LogP contribution in [0.15, 0.2) is 23.1 Å². The number of nitrogens with zero attached hydrogens (tertiary/aromatic N) is 1. The first-order valence-corrected chi connectivity index (χ1v) is 8.54. The van der Waals surface area contributed by atoms with Crippen LogP contribution < -0.4 is 4.72 Å². The lowest BCUT2D eigenvalue weighted by atomic mass is 10.0. The van der Waals surface area contributed by atoms with Gasteiger partial charge in [-0.15, -0.1) is 0 Å². The zero-order valence-electron chi connectivity index (χ0n) is 12.5. The zero-order chi connectivity index (χ0) is 15.9. The molecule has 0 saturated carbocycles. The molecule has 1 atom stereocenters. The summed E-state index contributed by atoms with van der Waals surface area (Å²) in [4.78, 5) is 0.140. The summed E-state index contributed by atoms with van der Waals surface area (Å²) in [6.45, 7) is 4.08. The summed E-state index contributed by atoms with van der Waals surface area (Å²) in [6.07, 6.45) is 2.38. The molecule has 0 radical (unpaired) electrons. The van der Waals surface area contributed by atoms with Gasteiger partial charge in [-0.1, -0.05) is 19.4 Å². The van der Waals surface area contributed by atoms with Gasteiger partial charge in [0.1, 0.15) is 0 Å². The van der Waals surface area contributed by atoms with Gasteiger partial charge in [-0.05, 0) is 43.4 Å². The van der Waals surface area contributed by atoms with E-state index in [9.17, 15) is 8.42 Å². The number of aryl methyl sites for hydroxylation is 1. The van der Waals surface area contributed by atoms with E-state index in [0.717, 1.165) is 12.8 Å². The number of nitrogens with one attached hydrogen (secondary N) is 1. The van der Waals surface area contributed by atoms with E-state index in [1.54, 1.807) is 19.1 Å². The fourth-order valence-corrected chi connectivity index (χ4v) is 3.59. The van der Waals surface area contributed by atoms with Crippen LogP contribution >= 0.6 is 0 Å². The van der Waals surface area contributed by atoms with Crippen LogP contribution in [0.5, 0.6) is 0 Å². The molecule has 0 saturated heterocycles. The smallest absolute Gasteiger partial charge is 0.240 e. The van der Waals surface area contributed by atoms with E-state index in [2.05, 4.69) is 4.72 Å². The van der Waals surface area contributed by atoms with E-state index in [1.165, 1.54) is 6.07 Å². The monoisotopic (exact) mass is 310 g/mol. The molecule has 0 aliphatic rings. The molecule has 1 rings (SSSR count). The second-order valence-corrected chi connectivity index (χ2v) is 6.85. The molecule has 0 aliphatic carbocycles. The lowest BCUT2D eigenvalue weighted by molar-refractivity contribution is 0.251. The maximum absolute atomic E-state index is 12.4. The van der Waals surface area contributed by atoms with Crippen molar-refractivity contribution in [3.8, 4) is 6.07 Å². The third kappa shape index (κ3) is 5.12. The Morgan fingerprint density at radius 3 is 2.67 bits per heavy atom. The Kier molecular flexibility index (Phi) is 6.82. The number of hydrogen-bond acceptors (Lipinski definition) is 4. The molecule has 2 N–H and O–H groups in total. The van der Waals surface area contributed by atoms with Gasteiger partial charge in [0.25, 0.3) is 0 Å². The molecule has 0 spiro atoms. The SMILES string of the molecule is CCCC(CCO)CNS(=O)(=O)c1cc(C#N)ccc1C. The average Bonchev–Trinajstić information content (AvgIpc) is 2.45. The summed E-state index contributed by atoms with van der Waals surface area (Å²) in [5.41, 5.74) is 0.928. The van der Waals surface area contributed by atoms with Crippen molar-refractivity contribution in [3.63, 3.8) is 0 Å². The molecule has 5 nitrogen and oxygen atoms in total. The molecule has 1 aromatic carbocycles. The molecule has 0 fully saturated rings. The molecule has 0 aliphatic heterocycles. The summed E-state index contributed by atoms with van der Waals surface area (Å²) < 4.78 is 27.3. The largest absolute Gasteiger partial charge is 0.396 e. The summed E-state index contributed by atoms with van der Waals surface area (Å²) >= 11 is 0. The summed E-state index contributed by atoms with van der Waals surface area (Å²) in [5, 5.41) is 17.9. The molecule has 1 unspecified atom stereocenters. The first-order chi connectivity index (χ1) is 9.94. The van der Waals surface area contributed by atoms with Gasteiger partial charge in [0.05, 0.1) is 16.5 Å². The number of nitriles is 1. The van der Waals surface area contributed by atoms with Gasteiger partial charge in [-0.2, -0.15) is 5.26 Å². The highest BCUT2D eigenvalue weighted by atomic mass is 32.2. The second-order valence-electron chi connectivity index (χ2n) is 5.11. The second kappa shape index (κ2) is 8.13. The minimum Gasteiger partial charge on any atom is -0.396 e. The molecule has 6 heteroatoms. The van der Waals surface area contributed by atoms with Crippen molar-refractivity contribution in [2.45, 2.75) is 38.0 Å². The molecule has 0 bridgehead atoms. The van der Waals surface area contributed by atoms with E-state index in [4.69, 9.17) is 10.4 Å². The molecule has 21 heavy (non-hydrogen) atoms. The van der Waals surface area contributed by atoms with Crippen LogP contribution in [0.4, 0.5) is 0 Å². The number of rotatable bonds is 8. The quantitative estimate of drug-likeness (QED) is 0.768. The van der Waals surface area contributed by atoms with Gasteiger partial charge in [-0.25, -0.2) is 13.1 Å². The number of aliphatic hydroxyl groups is 1. The van der Waals surface area contributed by atoms with Crippen molar-refractivity contribution in [3.05, 3.63) is 29.3 Å². The van der Waals surface area contributed by atoms with Crippen LogP contribution in [0.3, 0.4) is 0 Å². The maximum Gasteiger partial charge on any atom is 0.240 e. The minimum atomic E-state index is -3.64. The van der Waals surface area contributed by atoms with Gasteiger partial charge in [-0.3, -0.25) is 0 Å². The Morgan fingerprint density at radius 2 is 2.10 bits per heavy atom. The summed E-state index contributed by atoms with van der Waals surface area (Å²) in [7, 11) is -3.64. The third-order valence-corrected chi connectivity index (χ3v) is 4.97. The number of hydrogen-bond donors (Lipinski definition) is 2. The van der Waals surface area contributed by atoms with Gasteiger partial charge in [0.15, 0.2) is 0 Å². The van der Waals surface area contributed by atoms with Crippen LogP contribution in [-0.4, -0.2) is 26.7 Å². The van der Waals surface area contributed by atoms with Crippen molar-refractivity contribution >= 4 is 10.0 Å². The van der Waals surface area contributed by atoms with Crippen molar-refractivity contribution in [2.24, 2.45) is 5.92 Å². The van der Waals surface area contributed by atoms with E-state index < -0.39 is 10.0 Å². The van der Waals surface area contributed by atoms with Crippen molar-refractivity contribution < 1.29 is 13.5 Å². The number of aliphatic hydroxyl groups excluding tert-OH is 1. The van der Waals surface area contributed by atoms with Gasteiger partial charge >= 0.3 is 0 Å². The number of benzene rings is 1. The highest BCUT2D eigenvalue weighted by Gasteiger charge is 2.19. The number of sulfonamides is 1. The molecule has 0 heterocycles. The predicted molar refractivity (Wildman–Crippen MR) is 81.2 cm³/mol. The fourth-order valence-electron chi connectivity index (χ4n) is 2.20. The highest BCUT2D eigenvalue weighted by Crippen LogP contribution is 2.18. The van der Waals surface area contributed by atoms with Gasteiger partial charge in [0.2, 0.25) is 10.0 Å². The van der Waals surface area contributed by atoms with Gasteiger partial charge in [0, 0.05) is 13.2 Å². The van der Waals surface area contributed by atoms with E-state index in [-0.39, 0.29) is 17.4 Å². The van der Waals surface area contributed by atoms with Crippen LogP contribution in [0, 0.1) is 24.2 Å². The topological polar surface area (TPSA) is 90.2 Å². The van der Waals surface area contributed by atoms with Gasteiger partial charge < -0.3 is 5.11 Å². The van der Waals surface area contributed by atoms with E-state index in [0.29, 0.717) is 24.1 Å². The Labute approximate surface area is 126 Å². The Hall–Kier alpha value is -1.42. The lowest BCUT2D eigenvalue weighted by Gasteiger charge is -2.16. The highest BCUT2D eigenvalue weighted by molar-refractivity contribution is 7.89. The maximum atomic E-state index is 12.4. The average molecular weight is 310 g/mol. The van der Waals surface area contributed by atoms with Crippen molar-refractivity contribution in [1.29, 1.82) is 5.26 Å². The fraction of sp³-hybridized carbons (Fsp3) is 0.533. The zero-order valence-corrected chi connectivity index (χ0v) is 13.3.